The first-order valence-electron chi connectivity index (χ1n) is 6.31. The molecule has 98 valence electrons. The molecule has 18 heavy (non-hydrogen) atoms. The summed E-state index contributed by atoms with van der Waals surface area (Å²) in [6.07, 6.45) is 3.33. The van der Waals surface area contributed by atoms with Crippen LogP contribution < -0.4 is 5.32 Å². The van der Waals surface area contributed by atoms with Crippen molar-refractivity contribution in [1.29, 1.82) is 0 Å². The molecule has 0 spiro atoms. The van der Waals surface area contributed by atoms with E-state index in [1.54, 1.807) is 13.0 Å². The van der Waals surface area contributed by atoms with Crippen LogP contribution in [0.1, 0.15) is 35.9 Å². The first-order valence-corrected chi connectivity index (χ1v) is 7.19. The Kier molecular flexibility index (Phi) is 4.36. The van der Waals surface area contributed by atoms with Crippen molar-refractivity contribution in [3.8, 4) is 0 Å². The van der Waals surface area contributed by atoms with Crippen molar-refractivity contribution in [1.82, 2.24) is 10.2 Å². The molecule has 1 aromatic heterocycles. The number of piperidine rings is 1. The number of rotatable bonds is 3. The van der Waals surface area contributed by atoms with Crippen LogP contribution >= 0.6 is 11.3 Å². The van der Waals surface area contributed by atoms with Crippen molar-refractivity contribution >= 4 is 23.2 Å². The third-order valence-corrected chi connectivity index (χ3v) is 4.00. The lowest BCUT2D eigenvalue weighted by Crippen LogP contribution is -2.48. The fraction of sp³-hybridized carbons (Fsp3) is 0.538. The Morgan fingerprint density at radius 3 is 2.67 bits per heavy atom. The zero-order valence-corrected chi connectivity index (χ0v) is 11.3. The summed E-state index contributed by atoms with van der Waals surface area (Å²) >= 11 is 1.38. The molecule has 1 unspecified atom stereocenters. The highest BCUT2D eigenvalue weighted by Crippen LogP contribution is 2.11. The van der Waals surface area contributed by atoms with Crippen LogP contribution in [0.5, 0.6) is 0 Å². The van der Waals surface area contributed by atoms with Gasteiger partial charge in [0.1, 0.15) is 6.04 Å². The maximum atomic E-state index is 12.1. The molecule has 2 rings (SSSR count). The minimum Gasteiger partial charge on any atom is -0.341 e. The van der Waals surface area contributed by atoms with Crippen molar-refractivity contribution in [3.63, 3.8) is 0 Å². The van der Waals surface area contributed by atoms with Gasteiger partial charge >= 0.3 is 0 Å². The maximum Gasteiger partial charge on any atom is 0.261 e. The number of hydrogen-bond acceptors (Lipinski definition) is 3. The number of hydrogen-bond donors (Lipinski definition) is 1. The molecule has 1 aromatic rings. The Labute approximate surface area is 111 Å². The fourth-order valence-corrected chi connectivity index (χ4v) is 2.75. The number of nitrogens with zero attached hydrogens (tertiary/aromatic N) is 1. The van der Waals surface area contributed by atoms with E-state index in [1.807, 2.05) is 16.3 Å². The van der Waals surface area contributed by atoms with E-state index in [2.05, 4.69) is 5.32 Å². The number of thiophene rings is 1. The maximum absolute atomic E-state index is 12.1. The molecular formula is C13H18N2O2S. The zero-order chi connectivity index (χ0) is 13.0. The van der Waals surface area contributed by atoms with Crippen LogP contribution in [-0.2, 0) is 4.79 Å². The van der Waals surface area contributed by atoms with E-state index < -0.39 is 6.04 Å². The Balaban J connectivity index is 1.88. The fourth-order valence-electron chi connectivity index (χ4n) is 2.13. The first kappa shape index (κ1) is 13.1. The predicted octanol–water partition coefficient (Wildman–Crippen LogP) is 1.88. The molecule has 1 saturated heterocycles. The lowest BCUT2D eigenvalue weighted by molar-refractivity contribution is -0.133. The summed E-state index contributed by atoms with van der Waals surface area (Å²) in [5.74, 6) is -0.137. The van der Waals surface area contributed by atoms with Crippen molar-refractivity contribution in [2.75, 3.05) is 13.1 Å². The van der Waals surface area contributed by atoms with E-state index in [0.29, 0.717) is 4.88 Å². The summed E-state index contributed by atoms with van der Waals surface area (Å²) in [5.41, 5.74) is 0. The van der Waals surface area contributed by atoms with E-state index in [1.165, 1.54) is 17.8 Å². The van der Waals surface area contributed by atoms with Gasteiger partial charge in [-0.3, -0.25) is 9.59 Å². The Hall–Kier alpha value is -1.36. The van der Waals surface area contributed by atoms with Gasteiger partial charge in [0.05, 0.1) is 4.88 Å². The topological polar surface area (TPSA) is 49.4 Å². The summed E-state index contributed by atoms with van der Waals surface area (Å²) in [6, 6.07) is 3.15. The van der Waals surface area contributed by atoms with Crippen molar-refractivity contribution in [2.24, 2.45) is 0 Å². The van der Waals surface area contributed by atoms with Gasteiger partial charge in [-0.15, -0.1) is 11.3 Å². The van der Waals surface area contributed by atoms with Gasteiger partial charge in [0, 0.05) is 13.1 Å². The minimum atomic E-state index is -0.447. The minimum absolute atomic E-state index is 0.0274. The molecule has 0 aliphatic carbocycles. The normalized spacial score (nSPS) is 17.3. The number of amides is 2. The van der Waals surface area contributed by atoms with Crippen LogP contribution in [0.2, 0.25) is 0 Å². The molecule has 4 nitrogen and oxygen atoms in total. The van der Waals surface area contributed by atoms with Crippen LogP contribution in [0.25, 0.3) is 0 Å². The average Bonchev–Trinajstić information content (AvgIpc) is 2.92. The predicted molar refractivity (Wildman–Crippen MR) is 71.7 cm³/mol. The van der Waals surface area contributed by atoms with E-state index in [-0.39, 0.29) is 11.8 Å². The van der Waals surface area contributed by atoms with Crippen LogP contribution in [0.3, 0.4) is 0 Å². The third-order valence-electron chi connectivity index (χ3n) is 3.13. The van der Waals surface area contributed by atoms with Gasteiger partial charge in [-0.1, -0.05) is 6.07 Å². The number of carbonyl (C=O) groups is 2. The standard InChI is InChI=1S/C13H18N2O2S/c1-10(13(17)15-7-3-2-4-8-15)14-12(16)11-6-5-9-18-11/h5-6,9-10H,2-4,7-8H2,1H3,(H,14,16). The monoisotopic (exact) mass is 266 g/mol. The molecule has 0 bridgehead atoms. The zero-order valence-electron chi connectivity index (χ0n) is 10.5. The van der Waals surface area contributed by atoms with Gasteiger partial charge in [0.2, 0.25) is 5.91 Å². The summed E-state index contributed by atoms with van der Waals surface area (Å²) < 4.78 is 0. The van der Waals surface area contributed by atoms with Gasteiger partial charge < -0.3 is 10.2 Å². The summed E-state index contributed by atoms with van der Waals surface area (Å²) in [4.78, 5) is 26.4. The van der Waals surface area contributed by atoms with Crippen LogP contribution in [0.15, 0.2) is 17.5 Å². The first-order chi connectivity index (χ1) is 8.68. The van der Waals surface area contributed by atoms with Crippen molar-refractivity contribution < 1.29 is 9.59 Å². The van der Waals surface area contributed by atoms with Crippen molar-refractivity contribution in [3.05, 3.63) is 22.4 Å². The van der Waals surface area contributed by atoms with Gasteiger partial charge in [0.15, 0.2) is 0 Å². The lowest BCUT2D eigenvalue weighted by Gasteiger charge is -2.29. The van der Waals surface area contributed by atoms with Gasteiger partial charge in [-0.25, -0.2) is 0 Å². The Morgan fingerprint density at radius 2 is 2.06 bits per heavy atom. The van der Waals surface area contributed by atoms with Crippen LogP contribution in [0, 0.1) is 0 Å². The molecule has 1 fully saturated rings. The highest BCUT2D eigenvalue weighted by Gasteiger charge is 2.23. The Morgan fingerprint density at radius 1 is 1.33 bits per heavy atom. The van der Waals surface area contributed by atoms with Gasteiger partial charge in [-0.05, 0) is 37.6 Å². The quantitative estimate of drug-likeness (QED) is 0.908. The SMILES string of the molecule is CC(NC(=O)c1cccs1)C(=O)N1CCCCC1. The van der Waals surface area contributed by atoms with E-state index in [9.17, 15) is 9.59 Å². The molecule has 0 saturated carbocycles. The van der Waals surface area contributed by atoms with E-state index >= 15 is 0 Å². The highest BCUT2D eigenvalue weighted by atomic mass is 32.1. The molecule has 1 aliphatic rings. The summed E-state index contributed by atoms with van der Waals surface area (Å²) in [7, 11) is 0. The van der Waals surface area contributed by atoms with E-state index in [4.69, 9.17) is 0 Å². The lowest BCUT2D eigenvalue weighted by atomic mass is 10.1. The summed E-state index contributed by atoms with van der Waals surface area (Å²) in [6.45, 7) is 3.39. The summed E-state index contributed by atoms with van der Waals surface area (Å²) in [5, 5.41) is 4.61. The van der Waals surface area contributed by atoms with Crippen LogP contribution in [0.4, 0.5) is 0 Å². The average molecular weight is 266 g/mol. The third kappa shape index (κ3) is 3.10. The molecule has 2 heterocycles. The number of likely N-dealkylation sites (tertiary alicyclic amines) is 1. The van der Waals surface area contributed by atoms with Crippen molar-refractivity contribution in [2.45, 2.75) is 32.2 Å². The number of carbonyl (C=O) groups excluding carboxylic acids is 2. The van der Waals surface area contributed by atoms with Gasteiger partial charge in [-0.2, -0.15) is 0 Å². The highest BCUT2D eigenvalue weighted by molar-refractivity contribution is 7.12. The number of nitrogens with one attached hydrogen (secondary N) is 1. The second-order valence-electron chi connectivity index (χ2n) is 4.56. The molecule has 5 heteroatoms. The smallest absolute Gasteiger partial charge is 0.261 e. The van der Waals surface area contributed by atoms with Gasteiger partial charge in [0.25, 0.3) is 5.91 Å². The largest absolute Gasteiger partial charge is 0.341 e. The van der Waals surface area contributed by atoms with E-state index in [0.717, 1.165) is 25.9 Å². The molecule has 0 aromatic carbocycles. The molecule has 0 radical (unpaired) electrons. The molecule has 1 atom stereocenters. The second-order valence-corrected chi connectivity index (χ2v) is 5.51. The molecule has 1 N–H and O–H groups in total. The molecular weight excluding hydrogens is 248 g/mol. The van der Waals surface area contributed by atoms with Crippen LogP contribution in [-0.4, -0.2) is 35.8 Å². The Bertz CT molecular complexity index is 411. The molecule has 2 amide bonds. The second kappa shape index (κ2) is 6.00. The molecule has 1 aliphatic heterocycles.